The van der Waals surface area contributed by atoms with Crippen molar-refractivity contribution >= 4 is 17.4 Å². The van der Waals surface area contributed by atoms with Gasteiger partial charge in [-0.05, 0) is 36.8 Å². The fraction of sp³-hybridized carbons (Fsp3) is 0.0714. The van der Waals surface area contributed by atoms with E-state index < -0.39 is 5.82 Å². The normalized spacial score (nSPS) is 10.3. The summed E-state index contributed by atoms with van der Waals surface area (Å²) in [6.45, 7) is 1.83. The zero-order chi connectivity index (χ0) is 14.0. The van der Waals surface area contributed by atoms with Gasteiger partial charge in [-0.15, -0.1) is 0 Å². The Balaban J connectivity index is 2.46. The van der Waals surface area contributed by atoms with Gasteiger partial charge in [0.25, 0.3) is 0 Å². The summed E-state index contributed by atoms with van der Waals surface area (Å²) >= 11 is 5.91. The van der Waals surface area contributed by atoms with Crippen LogP contribution in [0.3, 0.4) is 0 Å². The first kappa shape index (κ1) is 13.4. The van der Waals surface area contributed by atoms with Gasteiger partial charge in [0, 0.05) is 0 Å². The molecule has 0 saturated heterocycles. The monoisotopic (exact) mass is 278 g/mol. The summed E-state index contributed by atoms with van der Waals surface area (Å²) < 4.78 is 18.6. The number of hydrogen-bond acceptors (Lipinski definition) is 2. The van der Waals surface area contributed by atoms with E-state index in [0.29, 0.717) is 17.1 Å². The first-order valence-electron chi connectivity index (χ1n) is 5.56. The number of nitrogens with one attached hydrogen (secondary N) is 1. The first-order valence-corrected chi connectivity index (χ1v) is 5.93. The van der Waals surface area contributed by atoms with Gasteiger partial charge in [-0.3, -0.25) is 5.41 Å². The second kappa shape index (κ2) is 5.28. The number of nitrogens with two attached hydrogens (primary N) is 1. The standard InChI is InChI=1S/C14H12ClFN2O/c1-8-3-2-4-10(14(17)18)13(8)19-12-6-5-9(16)7-11(12)15/h2-7H,1H3,(H3,17,18). The quantitative estimate of drug-likeness (QED) is 0.661. The molecular formula is C14H12ClFN2O. The van der Waals surface area contributed by atoms with Crippen LogP contribution in [-0.4, -0.2) is 5.84 Å². The molecule has 0 aromatic heterocycles. The zero-order valence-electron chi connectivity index (χ0n) is 10.2. The van der Waals surface area contributed by atoms with Crippen molar-refractivity contribution in [2.24, 2.45) is 5.73 Å². The van der Waals surface area contributed by atoms with Crippen LogP contribution in [0.4, 0.5) is 4.39 Å². The first-order chi connectivity index (χ1) is 8.99. The molecule has 0 spiro atoms. The number of nitrogen functional groups attached to an aromatic ring is 1. The fourth-order valence-corrected chi connectivity index (χ4v) is 1.87. The van der Waals surface area contributed by atoms with E-state index >= 15 is 0 Å². The predicted octanol–water partition coefficient (Wildman–Crippen LogP) is 3.86. The molecule has 0 saturated carbocycles. The Bertz CT molecular complexity index is 643. The number of amidine groups is 1. The summed E-state index contributed by atoms with van der Waals surface area (Å²) in [5.41, 5.74) is 6.80. The summed E-state index contributed by atoms with van der Waals surface area (Å²) in [5.74, 6) is 0.231. The Labute approximate surface area is 115 Å². The van der Waals surface area contributed by atoms with Crippen LogP contribution in [0.25, 0.3) is 0 Å². The second-order valence-corrected chi connectivity index (χ2v) is 4.45. The number of hydrogen-bond donors (Lipinski definition) is 2. The molecule has 2 aromatic rings. The van der Waals surface area contributed by atoms with E-state index in [1.807, 2.05) is 13.0 Å². The Hall–Kier alpha value is -2.07. The lowest BCUT2D eigenvalue weighted by molar-refractivity contribution is 0.476. The van der Waals surface area contributed by atoms with Gasteiger partial charge < -0.3 is 10.5 Å². The van der Waals surface area contributed by atoms with Crippen LogP contribution in [0.5, 0.6) is 11.5 Å². The van der Waals surface area contributed by atoms with Crippen LogP contribution in [-0.2, 0) is 0 Å². The lowest BCUT2D eigenvalue weighted by Gasteiger charge is -2.13. The van der Waals surface area contributed by atoms with Crippen molar-refractivity contribution in [1.82, 2.24) is 0 Å². The van der Waals surface area contributed by atoms with Gasteiger partial charge in [0.2, 0.25) is 0 Å². The number of halogens is 2. The fourth-order valence-electron chi connectivity index (χ4n) is 1.67. The minimum absolute atomic E-state index is 0.100. The highest BCUT2D eigenvalue weighted by Crippen LogP contribution is 2.33. The summed E-state index contributed by atoms with van der Waals surface area (Å²) in [6.07, 6.45) is 0. The third-order valence-electron chi connectivity index (χ3n) is 2.61. The molecule has 98 valence electrons. The van der Waals surface area contributed by atoms with Gasteiger partial charge in [-0.1, -0.05) is 23.7 Å². The highest BCUT2D eigenvalue weighted by Gasteiger charge is 2.12. The summed E-state index contributed by atoms with van der Waals surface area (Å²) in [4.78, 5) is 0. The minimum atomic E-state index is -0.436. The number of ether oxygens (including phenoxy) is 1. The molecule has 0 bridgehead atoms. The van der Waals surface area contributed by atoms with Crippen molar-refractivity contribution in [3.05, 3.63) is 58.4 Å². The van der Waals surface area contributed by atoms with Crippen LogP contribution in [0.1, 0.15) is 11.1 Å². The third kappa shape index (κ3) is 2.85. The number of benzene rings is 2. The van der Waals surface area contributed by atoms with E-state index in [9.17, 15) is 4.39 Å². The lowest BCUT2D eigenvalue weighted by atomic mass is 10.1. The van der Waals surface area contributed by atoms with Crippen molar-refractivity contribution in [2.75, 3.05) is 0 Å². The summed E-state index contributed by atoms with van der Waals surface area (Å²) in [7, 11) is 0. The van der Waals surface area contributed by atoms with Crippen molar-refractivity contribution in [3.8, 4) is 11.5 Å². The molecule has 0 aliphatic heterocycles. The van der Waals surface area contributed by atoms with Gasteiger partial charge in [0.1, 0.15) is 23.2 Å². The molecule has 0 aliphatic rings. The van der Waals surface area contributed by atoms with Crippen LogP contribution in [0.2, 0.25) is 5.02 Å². The van der Waals surface area contributed by atoms with Crippen LogP contribution in [0, 0.1) is 18.2 Å². The molecule has 0 unspecified atom stereocenters. The van der Waals surface area contributed by atoms with Gasteiger partial charge in [-0.25, -0.2) is 4.39 Å². The van der Waals surface area contributed by atoms with Crippen molar-refractivity contribution in [3.63, 3.8) is 0 Å². The topological polar surface area (TPSA) is 59.1 Å². The average molecular weight is 279 g/mol. The zero-order valence-corrected chi connectivity index (χ0v) is 11.0. The number of para-hydroxylation sites is 1. The SMILES string of the molecule is Cc1cccc(C(=N)N)c1Oc1ccc(F)cc1Cl. The molecular weight excluding hydrogens is 267 g/mol. The average Bonchev–Trinajstić information content (AvgIpc) is 2.34. The third-order valence-corrected chi connectivity index (χ3v) is 2.90. The highest BCUT2D eigenvalue weighted by atomic mass is 35.5. The molecule has 5 heteroatoms. The number of aryl methyl sites for hydroxylation is 1. The predicted molar refractivity (Wildman–Crippen MR) is 73.7 cm³/mol. The molecule has 2 aromatic carbocycles. The maximum absolute atomic E-state index is 13.0. The van der Waals surface area contributed by atoms with E-state index in [1.165, 1.54) is 18.2 Å². The second-order valence-electron chi connectivity index (χ2n) is 4.04. The molecule has 2 rings (SSSR count). The van der Waals surface area contributed by atoms with E-state index in [1.54, 1.807) is 12.1 Å². The largest absolute Gasteiger partial charge is 0.455 e. The van der Waals surface area contributed by atoms with Gasteiger partial charge >= 0.3 is 0 Å². The van der Waals surface area contributed by atoms with Gasteiger partial charge in [-0.2, -0.15) is 0 Å². The van der Waals surface area contributed by atoms with Crippen molar-refractivity contribution in [1.29, 1.82) is 5.41 Å². The lowest BCUT2D eigenvalue weighted by Crippen LogP contribution is -2.12. The summed E-state index contributed by atoms with van der Waals surface area (Å²) in [5, 5.41) is 7.70. The molecule has 0 fully saturated rings. The maximum atomic E-state index is 13.0. The van der Waals surface area contributed by atoms with Crippen LogP contribution in [0.15, 0.2) is 36.4 Å². The van der Waals surface area contributed by atoms with Crippen LogP contribution >= 0.6 is 11.6 Å². The van der Waals surface area contributed by atoms with Crippen molar-refractivity contribution in [2.45, 2.75) is 6.92 Å². The van der Waals surface area contributed by atoms with E-state index in [0.717, 1.165) is 5.56 Å². The highest BCUT2D eigenvalue weighted by molar-refractivity contribution is 6.32. The molecule has 19 heavy (non-hydrogen) atoms. The van der Waals surface area contributed by atoms with E-state index in [4.69, 9.17) is 27.5 Å². The smallest absolute Gasteiger partial charge is 0.146 e. The Morgan fingerprint density at radius 3 is 2.68 bits per heavy atom. The van der Waals surface area contributed by atoms with E-state index in [2.05, 4.69) is 0 Å². The summed E-state index contributed by atoms with van der Waals surface area (Å²) in [6, 6.07) is 9.16. The maximum Gasteiger partial charge on any atom is 0.146 e. The molecule has 3 N–H and O–H groups in total. The minimum Gasteiger partial charge on any atom is -0.455 e. The van der Waals surface area contributed by atoms with Crippen LogP contribution < -0.4 is 10.5 Å². The number of rotatable bonds is 3. The molecule has 0 amide bonds. The molecule has 0 heterocycles. The molecule has 3 nitrogen and oxygen atoms in total. The molecule has 0 aliphatic carbocycles. The molecule has 0 atom stereocenters. The van der Waals surface area contributed by atoms with Gasteiger partial charge in [0.05, 0.1) is 10.6 Å². The van der Waals surface area contributed by atoms with Gasteiger partial charge in [0.15, 0.2) is 0 Å². The Kier molecular flexibility index (Phi) is 3.71. The molecule has 0 radical (unpaired) electrons. The Morgan fingerprint density at radius 2 is 2.05 bits per heavy atom. The van der Waals surface area contributed by atoms with E-state index in [-0.39, 0.29) is 10.9 Å². The Morgan fingerprint density at radius 1 is 1.32 bits per heavy atom. The van der Waals surface area contributed by atoms with Crippen molar-refractivity contribution < 1.29 is 9.13 Å².